The lowest BCUT2D eigenvalue weighted by atomic mass is 10.0. The molecule has 0 amide bonds. The Hall–Kier alpha value is -1.94. The molecule has 0 aromatic rings. The molecule has 0 fully saturated rings. The SMILES string of the molecule is CCCCCCCCCCCCCCCCCCCCCCCCC(=O)O[C@H](COC(=O)CCCCCCCCCCCCCCCCCC)COP(=O)(O)OC[C@@H](O)COP(=O)(O)OC[C@@H](COC(=O)CCCCCCC)OC(=O)CCCCCCCCCCC(C)C. The second-order valence-corrected chi connectivity index (χ2v) is 30.4. The highest BCUT2D eigenvalue weighted by atomic mass is 31.2. The number of rotatable bonds is 75. The number of hydrogen-bond donors (Lipinski definition) is 3. The van der Waals surface area contributed by atoms with Gasteiger partial charge >= 0.3 is 39.5 Å². The fourth-order valence-corrected chi connectivity index (χ4v) is 13.1. The van der Waals surface area contributed by atoms with Crippen LogP contribution in [0.25, 0.3) is 0 Å². The minimum Gasteiger partial charge on any atom is -0.462 e. The van der Waals surface area contributed by atoms with Gasteiger partial charge in [-0.15, -0.1) is 0 Å². The molecule has 0 aliphatic rings. The number of aliphatic hydroxyl groups is 1. The Morgan fingerprint density at radius 2 is 0.489 bits per heavy atom. The van der Waals surface area contributed by atoms with Crippen LogP contribution in [0.5, 0.6) is 0 Å². The molecule has 0 aromatic carbocycles. The van der Waals surface area contributed by atoms with E-state index in [4.69, 9.17) is 37.0 Å². The van der Waals surface area contributed by atoms with Gasteiger partial charge in [-0.3, -0.25) is 37.3 Å². The van der Waals surface area contributed by atoms with E-state index >= 15 is 0 Å². The average molecular weight is 1380 g/mol. The Balaban J connectivity index is 5.10. The van der Waals surface area contributed by atoms with Crippen LogP contribution in [0.15, 0.2) is 0 Å². The normalized spacial score (nSPS) is 14.0. The van der Waals surface area contributed by atoms with E-state index < -0.39 is 97.5 Å². The second-order valence-electron chi connectivity index (χ2n) is 27.5. The molecule has 0 aromatic heterocycles. The molecule has 2 unspecified atom stereocenters. The summed E-state index contributed by atoms with van der Waals surface area (Å²) in [5, 5.41) is 10.6. The number of hydrogen-bond acceptors (Lipinski definition) is 15. The van der Waals surface area contributed by atoms with Gasteiger partial charge < -0.3 is 33.8 Å². The Morgan fingerprint density at radius 3 is 0.723 bits per heavy atom. The first-order chi connectivity index (χ1) is 45.5. The summed E-state index contributed by atoms with van der Waals surface area (Å²) in [5.74, 6) is -1.41. The maximum absolute atomic E-state index is 13.1. The summed E-state index contributed by atoms with van der Waals surface area (Å²) >= 11 is 0. The Bertz CT molecular complexity index is 1810. The molecule has 94 heavy (non-hydrogen) atoms. The lowest BCUT2D eigenvalue weighted by Gasteiger charge is -2.21. The van der Waals surface area contributed by atoms with Gasteiger partial charge in [0.15, 0.2) is 12.2 Å². The van der Waals surface area contributed by atoms with Crippen LogP contribution in [-0.4, -0.2) is 96.7 Å². The predicted octanol–water partition coefficient (Wildman–Crippen LogP) is 22.1. The summed E-state index contributed by atoms with van der Waals surface area (Å²) in [7, 11) is -9.90. The van der Waals surface area contributed by atoms with E-state index in [-0.39, 0.29) is 25.7 Å². The molecule has 0 bridgehead atoms. The zero-order chi connectivity index (χ0) is 69.1. The van der Waals surface area contributed by atoms with Crippen LogP contribution in [0.4, 0.5) is 0 Å². The lowest BCUT2D eigenvalue weighted by molar-refractivity contribution is -0.161. The lowest BCUT2D eigenvalue weighted by Crippen LogP contribution is -2.30. The summed E-state index contributed by atoms with van der Waals surface area (Å²) in [4.78, 5) is 72.4. The first-order valence-electron chi connectivity index (χ1n) is 39.1. The Morgan fingerprint density at radius 1 is 0.287 bits per heavy atom. The molecule has 19 heteroatoms. The van der Waals surface area contributed by atoms with E-state index in [0.29, 0.717) is 25.7 Å². The molecular formula is C75H146O17P2. The third-order valence-corrected chi connectivity index (χ3v) is 19.4. The summed E-state index contributed by atoms with van der Waals surface area (Å²) in [6.45, 7) is 7.14. The zero-order valence-corrected chi connectivity index (χ0v) is 62.9. The smallest absolute Gasteiger partial charge is 0.462 e. The molecular weight excluding hydrogens is 1230 g/mol. The van der Waals surface area contributed by atoms with Gasteiger partial charge in [0.05, 0.1) is 26.4 Å². The maximum atomic E-state index is 13.1. The van der Waals surface area contributed by atoms with Gasteiger partial charge in [-0.25, -0.2) is 9.13 Å². The average Bonchev–Trinajstić information content (AvgIpc) is 2.99. The fourth-order valence-electron chi connectivity index (χ4n) is 11.5. The van der Waals surface area contributed by atoms with E-state index in [1.54, 1.807) is 0 Å². The molecule has 17 nitrogen and oxygen atoms in total. The van der Waals surface area contributed by atoms with Crippen molar-refractivity contribution in [2.75, 3.05) is 39.6 Å². The number of carbonyl (C=O) groups is 4. The largest absolute Gasteiger partial charge is 0.472 e. The molecule has 5 atom stereocenters. The van der Waals surface area contributed by atoms with E-state index in [9.17, 15) is 43.2 Å². The highest BCUT2D eigenvalue weighted by molar-refractivity contribution is 7.47. The third-order valence-electron chi connectivity index (χ3n) is 17.5. The van der Waals surface area contributed by atoms with E-state index in [1.807, 2.05) is 0 Å². The number of phosphoric ester groups is 2. The van der Waals surface area contributed by atoms with Crippen molar-refractivity contribution in [2.24, 2.45) is 5.92 Å². The fraction of sp³-hybridized carbons (Fsp3) is 0.947. The second kappa shape index (κ2) is 68.2. The standard InChI is InChI=1S/C75H146O17P2/c1-6-9-12-15-17-19-21-23-25-27-28-29-30-31-32-34-36-38-40-45-50-55-60-74(79)92-71(65-86-73(78)59-54-49-44-39-37-35-33-26-24-22-20-18-16-13-10-7-2)67-90-94(83,84)88-63-69(76)62-87-93(81,82)89-66-70(64-85-72(77)58-53-47-14-11-8-3)91-75(80)61-56-51-46-42-41-43-48-52-57-68(4)5/h68-71,76H,6-67H2,1-5H3,(H,81,82)(H,83,84)/t69-,70+,71+/m0/s1. The third kappa shape index (κ3) is 68.6. The highest BCUT2D eigenvalue weighted by Crippen LogP contribution is 2.45. The van der Waals surface area contributed by atoms with Crippen LogP contribution in [0, 0.1) is 5.92 Å². The van der Waals surface area contributed by atoms with Crippen LogP contribution < -0.4 is 0 Å². The van der Waals surface area contributed by atoms with Gasteiger partial charge in [-0.1, -0.05) is 343 Å². The van der Waals surface area contributed by atoms with E-state index in [1.165, 1.54) is 212 Å². The van der Waals surface area contributed by atoms with Crippen molar-refractivity contribution < 1.29 is 80.2 Å². The molecule has 0 radical (unpaired) electrons. The van der Waals surface area contributed by atoms with Crippen LogP contribution in [-0.2, 0) is 65.4 Å². The summed E-state index contributed by atoms with van der Waals surface area (Å²) in [6.07, 6.45) is 57.6. The Kier molecular flexibility index (Phi) is 66.8. The molecule has 558 valence electrons. The summed E-state index contributed by atoms with van der Waals surface area (Å²) in [6, 6.07) is 0. The monoisotopic (exact) mass is 1380 g/mol. The first kappa shape index (κ1) is 92.1. The van der Waals surface area contributed by atoms with Gasteiger partial charge in [0.2, 0.25) is 0 Å². The number of esters is 4. The predicted molar refractivity (Wildman–Crippen MR) is 382 cm³/mol. The highest BCUT2D eigenvalue weighted by Gasteiger charge is 2.30. The van der Waals surface area contributed by atoms with Crippen molar-refractivity contribution in [3.8, 4) is 0 Å². The maximum Gasteiger partial charge on any atom is 0.472 e. The zero-order valence-electron chi connectivity index (χ0n) is 61.1. The van der Waals surface area contributed by atoms with Gasteiger partial charge in [-0.05, 0) is 31.6 Å². The first-order valence-corrected chi connectivity index (χ1v) is 42.1. The molecule has 0 heterocycles. The van der Waals surface area contributed by atoms with Crippen LogP contribution >= 0.6 is 15.6 Å². The van der Waals surface area contributed by atoms with Crippen molar-refractivity contribution in [1.29, 1.82) is 0 Å². The van der Waals surface area contributed by atoms with E-state index in [2.05, 4.69) is 34.6 Å². The van der Waals surface area contributed by atoms with Crippen molar-refractivity contribution in [3.05, 3.63) is 0 Å². The molecule has 0 rings (SSSR count). The molecule has 0 saturated carbocycles. The van der Waals surface area contributed by atoms with Crippen LogP contribution in [0.1, 0.15) is 394 Å². The Labute approximate surface area is 575 Å². The topological polar surface area (TPSA) is 237 Å². The molecule has 0 spiro atoms. The number of phosphoric acid groups is 2. The van der Waals surface area contributed by atoms with Gasteiger partial charge in [-0.2, -0.15) is 0 Å². The van der Waals surface area contributed by atoms with Crippen molar-refractivity contribution in [3.63, 3.8) is 0 Å². The minimum atomic E-state index is -4.95. The van der Waals surface area contributed by atoms with Crippen LogP contribution in [0.3, 0.4) is 0 Å². The number of ether oxygens (including phenoxy) is 4. The van der Waals surface area contributed by atoms with Crippen molar-refractivity contribution in [1.82, 2.24) is 0 Å². The number of unbranched alkanes of at least 4 members (excludes halogenated alkanes) is 47. The van der Waals surface area contributed by atoms with Gasteiger partial charge in [0, 0.05) is 25.7 Å². The van der Waals surface area contributed by atoms with Gasteiger partial charge in [0.1, 0.15) is 19.3 Å². The molecule has 0 aliphatic carbocycles. The number of aliphatic hydroxyl groups excluding tert-OH is 1. The minimum absolute atomic E-state index is 0.104. The summed E-state index contributed by atoms with van der Waals surface area (Å²) in [5.41, 5.74) is 0. The van der Waals surface area contributed by atoms with Gasteiger partial charge in [0.25, 0.3) is 0 Å². The summed E-state index contributed by atoms with van der Waals surface area (Å²) < 4.78 is 68.2. The molecule has 0 saturated heterocycles. The quantitative estimate of drug-likeness (QED) is 0.0222. The van der Waals surface area contributed by atoms with Crippen molar-refractivity contribution >= 4 is 39.5 Å². The van der Waals surface area contributed by atoms with E-state index in [0.717, 1.165) is 102 Å². The molecule has 0 aliphatic heterocycles. The van der Waals surface area contributed by atoms with Crippen LogP contribution in [0.2, 0.25) is 0 Å². The number of carbonyl (C=O) groups excluding carboxylic acids is 4. The van der Waals surface area contributed by atoms with Crippen molar-refractivity contribution in [2.45, 2.75) is 412 Å². The molecule has 3 N–H and O–H groups in total.